The molecule has 1 aromatic rings. The number of rotatable bonds is 7. The van der Waals surface area contributed by atoms with Crippen molar-refractivity contribution in [3.8, 4) is 0 Å². The molecule has 0 amide bonds. The Morgan fingerprint density at radius 1 is 1.44 bits per heavy atom. The highest BCUT2D eigenvalue weighted by atomic mass is 19.1. The Balaban J connectivity index is 1.83. The molecule has 0 spiro atoms. The van der Waals surface area contributed by atoms with Crippen molar-refractivity contribution in [2.24, 2.45) is 5.41 Å². The number of benzene rings is 1. The van der Waals surface area contributed by atoms with Crippen molar-refractivity contribution in [3.63, 3.8) is 0 Å². The van der Waals surface area contributed by atoms with Crippen molar-refractivity contribution < 1.29 is 9.13 Å². The molecule has 1 atom stereocenters. The van der Waals surface area contributed by atoms with Gasteiger partial charge in [-0.25, -0.2) is 4.39 Å². The molecule has 1 saturated carbocycles. The van der Waals surface area contributed by atoms with Crippen LogP contribution in [0.15, 0.2) is 24.3 Å². The SMILES string of the molecule is COCCC1(CNC(C)c2cccc(F)c2)CC1. The minimum atomic E-state index is -0.165. The highest BCUT2D eigenvalue weighted by molar-refractivity contribution is 5.19. The van der Waals surface area contributed by atoms with E-state index in [0.29, 0.717) is 5.41 Å². The van der Waals surface area contributed by atoms with E-state index in [1.807, 2.05) is 6.07 Å². The molecular weight excluding hydrogens is 229 g/mol. The molecule has 100 valence electrons. The van der Waals surface area contributed by atoms with Crippen LogP contribution in [0.1, 0.15) is 37.8 Å². The first-order chi connectivity index (χ1) is 8.65. The fraction of sp³-hybridized carbons (Fsp3) is 0.600. The Hall–Kier alpha value is -0.930. The predicted octanol–water partition coefficient (Wildman–Crippen LogP) is 3.29. The molecule has 0 bridgehead atoms. The largest absolute Gasteiger partial charge is 0.385 e. The fourth-order valence-electron chi connectivity index (χ4n) is 2.27. The Morgan fingerprint density at radius 2 is 2.22 bits per heavy atom. The van der Waals surface area contributed by atoms with E-state index in [2.05, 4.69) is 12.2 Å². The van der Waals surface area contributed by atoms with Gasteiger partial charge in [-0.15, -0.1) is 0 Å². The maximum absolute atomic E-state index is 13.1. The van der Waals surface area contributed by atoms with Crippen molar-refractivity contribution >= 4 is 0 Å². The van der Waals surface area contributed by atoms with Crippen molar-refractivity contribution in [1.82, 2.24) is 5.32 Å². The zero-order valence-corrected chi connectivity index (χ0v) is 11.2. The molecule has 1 fully saturated rings. The highest BCUT2D eigenvalue weighted by Crippen LogP contribution is 2.48. The lowest BCUT2D eigenvalue weighted by atomic mass is 10.0. The number of hydrogen-bond acceptors (Lipinski definition) is 2. The van der Waals surface area contributed by atoms with Crippen molar-refractivity contribution in [2.75, 3.05) is 20.3 Å². The zero-order valence-electron chi connectivity index (χ0n) is 11.2. The van der Waals surface area contributed by atoms with Crippen LogP contribution in [0.3, 0.4) is 0 Å². The smallest absolute Gasteiger partial charge is 0.123 e. The summed E-state index contributed by atoms with van der Waals surface area (Å²) in [5.74, 6) is -0.165. The Labute approximate surface area is 109 Å². The van der Waals surface area contributed by atoms with Crippen LogP contribution in [0.25, 0.3) is 0 Å². The van der Waals surface area contributed by atoms with Crippen LogP contribution in [-0.2, 0) is 4.74 Å². The minimum absolute atomic E-state index is 0.165. The van der Waals surface area contributed by atoms with Crippen LogP contribution in [0.2, 0.25) is 0 Å². The van der Waals surface area contributed by atoms with Crippen LogP contribution in [0.4, 0.5) is 4.39 Å². The van der Waals surface area contributed by atoms with Crippen molar-refractivity contribution in [3.05, 3.63) is 35.6 Å². The standard InChI is InChI=1S/C15H22FNO/c1-12(13-4-3-5-14(16)10-13)17-11-15(6-7-15)8-9-18-2/h3-5,10,12,17H,6-9,11H2,1-2H3. The van der Waals surface area contributed by atoms with E-state index in [9.17, 15) is 4.39 Å². The molecule has 0 radical (unpaired) electrons. The van der Waals surface area contributed by atoms with Gasteiger partial charge in [-0.2, -0.15) is 0 Å². The number of nitrogens with one attached hydrogen (secondary N) is 1. The first kappa shape index (κ1) is 13.5. The third-order valence-electron chi connectivity index (χ3n) is 3.93. The van der Waals surface area contributed by atoms with Crippen LogP contribution < -0.4 is 5.32 Å². The summed E-state index contributed by atoms with van der Waals surface area (Å²) in [5.41, 5.74) is 1.44. The quantitative estimate of drug-likeness (QED) is 0.803. The van der Waals surface area contributed by atoms with Crippen LogP contribution >= 0.6 is 0 Å². The van der Waals surface area contributed by atoms with Gasteiger partial charge in [0.05, 0.1) is 0 Å². The summed E-state index contributed by atoms with van der Waals surface area (Å²) in [6.07, 6.45) is 3.67. The van der Waals surface area contributed by atoms with E-state index < -0.39 is 0 Å². The average Bonchev–Trinajstić information content (AvgIpc) is 3.14. The van der Waals surface area contributed by atoms with Gasteiger partial charge in [0.1, 0.15) is 5.82 Å². The summed E-state index contributed by atoms with van der Waals surface area (Å²) in [5, 5.41) is 3.52. The summed E-state index contributed by atoms with van der Waals surface area (Å²) in [6, 6.07) is 7.01. The van der Waals surface area contributed by atoms with E-state index in [-0.39, 0.29) is 11.9 Å². The van der Waals surface area contributed by atoms with Gasteiger partial charge in [0.2, 0.25) is 0 Å². The van der Waals surface area contributed by atoms with E-state index >= 15 is 0 Å². The average molecular weight is 251 g/mol. The molecule has 0 aliphatic heterocycles. The van der Waals surface area contributed by atoms with Crippen molar-refractivity contribution in [2.45, 2.75) is 32.2 Å². The topological polar surface area (TPSA) is 21.3 Å². The van der Waals surface area contributed by atoms with E-state index in [1.54, 1.807) is 19.2 Å². The van der Waals surface area contributed by atoms with Crippen molar-refractivity contribution in [1.29, 1.82) is 0 Å². The maximum atomic E-state index is 13.1. The molecule has 1 N–H and O–H groups in total. The number of halogens is 1. The molecule has 1 unspecified atom stereocenters. The summed E-state index contributed by atoms with van der Waals surface area (Å²) in [4.78, 5) is 0. The third kappa shape index (κ3) is 3.53. The van der Waals surface area contributed by atoms with Gasteiger partial charge in [0.25, 0.3) is 0 Å². The summed E-state index contributed by atoms with van der Waals surface area (Å²) < 4.78 is 18.3. The third-order valence-corrected chi connectivity index (χ3v) is 3.93. The van der Waals surface area contributed by atoms with E-state index in [0.717, 1.165) is 25.1 Å². The number of ether oxygens (including phenoxy) is 1. The van der Waals surface area contributed by atoms with Gasteiger partial charge < -0.3 is 10.1 Å². The lowest BCUT2D eigenvalue weighted by molar-refractivity contribution is 0.170. The second kappa shape index (κ2) is 5.81. The lowest BCUT2D eigenvalue weighted by Gasteiger charge is -2.20. The molecule has 2 rings (SSSR count). The number of hydrogen-bond donors (Lipinski definition) is 1. The molecule has 0 heterocycles. The molecule has 2 nitrogen and oxygen atoms in total. The van der Waals surface area contributed by atoms with Gasteiger partial charge in [-0.3, -0.25) is 0 Å². The number of methoxy groups -OCH3 is 1. The monoisotopic (exact) mass is 251 g/mol. The van der Waals surface area contributed by atoms with Crippen LogP contribution in [-0.4, -0.2) is 20.3 Å². The molecule has 0 aromatic heterocycles. The molecule has 0 saturated heterocycles. The Bertz CT molecular complexity index is 390. The second-order valence-corrected chi connectivity index (χ2v) is 5.40. The van der Waals surface area contributed by atoms with Crippen LogP contribution in [0.5, 0.6) is 0 Å². The van der Waals surface area contributed by atoms with Gasteiger partial charge in [0, 0.05) is 26.3 Å². The highest BCUT2D eigenvalue weighted by Gasteiger charge is 2.41. The molecule has 3 heteroatoms. The fourth-order valence-corrected chi connectivity index (χ4v) is 2.27. The molecule has 18 heavy (non-hydrogen) atoms. The van der Waals surface area contributed by atoms with Gasteiger partial charge in [-0.1, -0.05) is 12.1 Å². The second-order valence-electron chi connectivity index (χ2n) is 5.40. The molecule has 1 aliphatic rings. The Kier molecular flexibility index (Phi) is 4.36. The predicted molar refractivity (Wildman–Crippen MR) is 71.0 cm³/mol. The maximum Gasteiger partial charge on any atom is 0.123 e. The summed E-state index contributed by atoms with van der Waals surface area (Å²) >= 11 is 0. The van der Waals surface area contributed by atoms with Gasteiger partial charge in [0.15, 0.2) is 0 Å². The summed E-state index contributed by atoms with van der Waals surface area (Å²) in [6.45, 7) is 3.91. The molecular formula is C15H22FNO. The zero-order chi connectivity index (χ0) is 13.0. The molecule has 1 aliphatic carbocycles. The van der Waals surface area contributed by atoms with E-state index in [4.69, 9.17) is 4.74 Å². The van der Waals surface area contributed by atoms with Gasteiger partial charge in [-0.05, 0) is 49.3 Å². The first-order valence-electron chi connectivity index (χ1n) is 6.63. The first-order valence-corrected chi connectivity index (χ1v) is 6.63. The summed E-state index contributed by atoms with van der Waals surface area (Å²) in [7, 11) is 1.75. The minimum Gasteiger partial charge on any atom is -0.385 e. The Morgan fingerprint density at radius 3 is 2.83 bits per heavy atom. The van der Waals surface area contributed by atoms with Crippen LogP contribution in [0, 0.1) is 11.2 Å². The molecule has 1 aromatic carbocycles. The lowest BCUT2D eigenvalue weighted by Crippen LogP contribution is -2.27. The van der Waals surface area contributed by atoms with E-state index in [1.165, 1.54) is 18.9 Å². The van der Waals surface area contributed by atoms with Gasteiger partial charge >= 0.3 is 0 Å². The normalized spacial score (nSPS) is 18.6.